The third-order valence-electron chi connectivity index (χ3n) is 2.55. The summed E-state index contributed by atoms with van der Waals surface area (Å²) in [6.07, 6.45) is 0. The molecule has 0 aliphatic heterocycles. The fraction of sp³-hybridized carbons (Fsp3) is 0.333. The van der Waals surface area contributed by atoms with Crippen LogP contribution >= 0.6 is 11.6 Å². The molecule has 0 aromatic heterocycles. The van der Waals surface area contributed by atoms with Gasteiger partial charge in [0.1, 0.15) is 0 Å². The lowest BCUT2D eigenvalue weighted by Gasteiger charge is -2.19. The minimum Gasteiger partial charge on any atom is -0.398 e. The van der Waals surface area contributed by atoms with E-state index in [1.165, 1.54) is 23.5 Å². The predicted molar refractivity (Wildman–Crippen MR) is 75.2 cm³/mol. The van der Waals surface area contributed by atoms with Crippen molar-refractivity contribution >= 4 is 27.3 Å². The summed E-state index contributed by atoms with van der Waals surface area (Å²) in [5.41, 5.74) is 7.37. The molecule has 0 atom stereocenters. The Bertz CT molecular complexity index is 582. The highest BCUT2D eigenvalue weighted by Crippen LogP contribution is 2.27. The molecule has 0 amide bonds. The van der Waals surface area contributed by atoms with Gasteiger partial charge in [0.2, 0.25) is 10.0 Å². The van der Waals surface area contributed by atoms with Crippen LogP contribution in [0.25, 0.3) is 0 Å². The van der Waals surface area contributed by atoms with Gasteiger partial charge in [-0.1, -0.05) is 23.8 Å². The lowest BCUT2D eigenvalue weighted by atomic mass is 10.2. The molecule has 1 rings (SSSR count). The Balaban J connectivity index is 3.33. The zero-order valence-electron chi connectivity index (χ0n) is 10.7. The van der Waals surface area contributed by atoms with Gasteiger partial charge in [0.15, 0.2) is 0 Å². The van der Waals surface area contributed by atoms with Gasteiger partial charge in [-0.25, -0.2) is 8.42 Å². The van der Waals surface area contributed by atoms with Gasteiger partial charge in [-0.2, -0.15) is 4.31 Å². The van der Waals surface area contributed by atoms with E-state index in [0.29, 0.717) is 16.3 Å². The largest absolute Gasteiger partial charge is 0.398 e. The van der Waals surface area contributed by atoms with E-state index < -0.39 is 10.0 Å². The number of halogens is 1. The van der Waals surface area contributed by atoms with Crippen LogP contribution in [-0.2, 0) is 10.0 Å². The summed E-state index contributed by atoms with van der Waals surface area (Å²) >= 11 is 5.86. The Labute approximate surface area is 113 Å². The molecule has 4 nitrogen and oxygen atoms in total. The average Bonchev–Trinajstić information content (AvgIpc) is 2.22. The molecular formula is C12H17ClN2O2S. The second-order valence-electron chi connectivity index (χ2n) is 4.34. The van der Waals surface area contributed by atoms with Gasteiger partial charge in [0.05, 0.1) is 4.90 Å². The van der Waals surface area contributed by atoms with Crippen molar-refractivity contribution in [1.82, 2.24) is 4.31 Å². The van der Waals surface area contributed by atoms with E-state index in [1.807, 2.05) is 0 Å². The van der Waals surface area contributed by atoms with Gasteiger partial charge >= 0.3 is 0 Å². The number of nitrogens with two attached hydrogens (primary N) is 1. The standard InChI is InChI=1S/C12H17ClN2O2S/c1-8(2)7-15(4)18(16,17)12-6-10(13)5-11(14)9(12)3/h5-6H,1,7,14H2,2-4H3. The first-order chi connectivity index (χ1) is 8.16. The van der Waals surface area contributed by atoms with Crippen molar-refractivity contribution in [3.05, 3.63) is 34.9 Å². The van der Waals surface area contributed by atoms with Crippen molar-refractivity contribution in [2.75, 3.05) is 19.3 Å². The summed E-state index contributed by atoms with van der Waals surface area (Å²) < 4.78 is 26.0. The lowest BCUT2D eigenvalue weighted by Crippen LogP contribution is -2.29. The molecule has 0 saturated carbocycles. The molecule has 18 heavy (non-hydrogen) atoms. The quantitative estimate of drug-likeness (QED) is 0.684. The Morgan fingerprint density at radius 2 is 2.06 bits per heavy atom. The van der Waals surface area contributed by atoms with Crippen LogP contribution in [0.5, 0.6) is 0 Å². The SMILES string of the molecule is C=C(C)CN(C)S(=O)(=O)c1cc(Cl)cc(N)c1C. The van der Waals surface area contributed by atoms with E-state index in [2.05, 4.69) is 6.58 Å². The molecule has 1 aromatic carbocycles. The van der Waals surface area contributed by atoms with Crippen LogP contribution in [0, 0.1) is 6.92 Å². The van der Waals surface area contributed by atoms with Crippen LogP contribution < -0.4 is 5.73 Å². The van der Waals surface area contributed by atoms with Crippen LogP contribution in [-0.4, -0.2) is 26.3 Å². The molecule has 100 valence electrons. The number of benzene rings is 1. The third-order valence-corrected chi connectivity index (χ3v) is 4.69. The van der Waals surface area contributed by atoms with Crippen LogP contribution in [0.4, 0.5) is 5.69 Å². The van der Waals surface area contributed by atoms with Crippen LogP contribution in [0.2, 0.25) is 5.02 Å². The molecule has 0 fully saturated rings. The van der Waals surface area contributed by atoms with Crippen molar-refractivity contribution in [2.45, 2.75) is 18.7 Å². The minimum absolute atomic E-state index is 0.135. The summed E-state index contributed by atoms with van der Waals surface area (Å²) in [5, 5.41) is 0.306. The van der Waals surface area contributed by atoms with Gasteiger partial charge < -0.3 is 5.73 Å². The number of nitrogen functional groups attached to an aromatic ring is 1. The number of sulfonamides is 1. The van der Waals surface area contributed by atoms with Gasteiger partial charge in [0, 0.05) is 24.3 Å². The van der Waals surface area contributed by atoms with Crippen molar-refractivity contribution in [2.24, 2.45) is 0 Å². The number of anilines is 1. The summed E-state index contributed by atoms with van der Waals surface area (Å²) in [7, 11) is -2.10. The average molecular weight is 289 g/mol. The van der Waals surface area contributed by atoms with Gasteiger partial charge in [-0.05, 0) is 31.5 Å². The smallest absolute Gasteiger partial charge is 0.243 e. The second-order valence-corrected chi connectivity index (χ2v) is 6.79. The first-order valence-electron chi connectivity index (χ1n) is 5.32. The van der Waals surface area contributed by atoms with Crippen LogP contribution in [0.3, 0.4) is 0 Å². The van der Waals surface area contributed by atoms with Gasteiger partial charge in [-0.3, -0.25) is 0 Å². The highest BCUT2D eigenvalue weighted by Gasteiger charge is 2.24. The summed E-state index contributed by atoms with van der Waals surface area (Å²) in [4.78, 5) is 0.135. The number of rotatable bonds is 4. The van der Waals surface area contributed by atoms with E-state index >= 15 is 0 Å². The second kappa shape index (κ2) is 5.30. The summed E-state index contributed by atoms with van der Waals surface area (Å²) in [6, 6.07) is 2.95. The van der Waals surface area contributed by atoms with Crippen LogP contribution in [0.1, 0.15) is 12.5 Å². The maximum Gasteiger partial charge on any atom is 0.243 e. The van der Waals surface area contributed by atoms with Gasteiger partial charge in [0.25, 0.3) is 0 Å². The zero-order chi connectivity index (χ0) is 14.1. The maximum absolute atomic E-state index is 12.4. The maximum atomic E-state index is 12.4. The number of nitrogens with zero attached hydrogens (tertiary/aromatic N) is 1. The molecule has 0 spiro atoms. The predicted octanol–water partition coefficient (Wildman–Crippen LogP) is 2.43. The van der Waals surface area contributed by atoms with E-state index in [4.69, 9.17) is 17.3 Å². The molecule has 2 N–H and O–H groups in total. The van der Waals surface area contributed by atoms with E-state index in [0.717, 1.165) is 5.57 Å². The van der Waals surface area contributed by atoms with Crippen molar-refractivity contribution < 1.29 is 8.42 Å². The number of hydrogen-bond donors (Lipinski definition) is 1. The van der Waals surface area contributed by atoms with Crippen molar-refractivity contribution in [1.29, 1.82) is 0 Å². The zero-order valence-corrected chi connectivity index (χ0v) is 12.3. The van der Waals surface area contributed by atoms with E-state index in [9.17, 15) is 8.42 Å². The Morgan fingerprint density at radius 1 is 1.50 bits per heavy atom. The van der Waals surface area contributed by atoms with Gasteiger partial charge in [-0.15, -0.1) is 0 Å². The van der Waals surface area contributed by atoms with E-state index in [-0.39, 0.29) is 11.4 Å². The number of hydrogen-bond acceptors (Lipinski definition) is 3. The number of likely N-dealkylation sites (N-methyl/N-ethyl adjacent to an activating group) is 1. The molecular weight excluding hydrogens is 272 g/mol. The van der Waals surface area contributed by atoms with E-state index in [1.54, 1.807) is 13.8 Å². The molecule has 0 radical (unpaired) electrons. The molecule has 0 unspecified atom stereocenters. The van der Waals surface area contributed by atoms with Crippen LogP contribution in [0.15, 0.2) is 29.2 Å². The van der Waals surface area contributed by atoms with Crippen molar-refractivity contribution in [3.8, 4) is 0 Å². The Hall–Kier alpha value is -1.04. The molecule has 0 aliphatic rings. The molecule has 0 heterocycles. The first kappa shape index (κ1) is 15.0. The fourth-order valence-electron chi connectivity index (χ4n) is 1.58. The van der Waals surface area contributed by atoms with Crippen molar-refractivity contribution in [3.63, 3.8) is 0 Å². The first-order valence-corrected chi connectivity index (χ1v) is 7.14. The highest BCUT2D eigenvalue weighted by molar-refractivity contribution is 7.89. The summed E-state index contributed by atoms with van der Waals surface area (Å²) in [5.74, 6) is 0. The molecule has 6 heteroatoms. The Morgan fingerprint density at radius 3 is 2.56 bits per heavy atom. The topological polar surface area (TPSA) is 63.4 Å². The third kappa shape index (κ3) is 3.04. The normalized spacial score (nSPS) is 11.8. The molecule has 0 bridgehead atoms. The summed E-state index contributed by atoms with van der Waals surface area (Å²) in [6.45, 7) is 7.39. The molecule has 0 aliphatic carbocycles. The lowest BCUT2D eigenvalue weighted by molar-refractivity contribution is 0.492. The minimum atomic E-state index is -3.60. The molecule has 1 aromatic rings. The monoisotopic (exact) mass is 288 g/mol. The fourth-order valence-corrected chi connectivity index (χ4v) is 3.37. The Kier molecular flexibility index (Phi) is 4.42. The highest BCUT2D eigenvalue weighted by atomic mass is 35.5. The molecule has 0 saturated heterocycles.